The lowest BCUT2D eigenvalue weighted by atomic mass is 9.65. The Labute approximate surface area is 113 Å². The van der Waals surface area contributed by atoms with E-state index in [0.717, 1.165) is 24.8 Å². The molecule has 0 spiro atoms. The number of hydrogen-bond donors (Lipinski definition) is 3. The predicted molar refractivity (Wildman–Crippen MR) is 72.8 cm³/mol. The average Bonchev–Trinajstić information content (AvgIpc) is 2.38. The van der Waals surface area contributed by atoms with Crippen molar-refractivity contribution in [2.45, 2.75) is 38.3 Å². The van der Waals surface area contributed by atoms with Crippen molar-refractivity contribution in [2.75, 3.05) is 6.61 Å². The molecule has 2 atom stereocenters. The normalized spacial score (nSPS) is 20.3. The molecule has 0 heterocycles. The molecule has 0 amide bonds. The summed E-state index contributed by atoms with van der Waals surface area (Å²) in [7, 11) is 0. The van der Waals surface area contributed by atoms with Crippen LogP contribution >= 0.6 is 0 Å². The van der Waals surface area contributed by atoms with Gasteiger partial charge in [-0.25, -0.2) is 0 Å². The molecule has 1 aliphatic carbocycles. The molecule has 4 heteroatoms. The quantitative estimate of drug-likeness (QED) is 0.733. The van der Waals surface area contributed by atoms with Gasteiger partial charge in [-0.1, -0.05) is 43.7 Å². The Kier molecular flexibility index (Phi) is 4.22. The lowest BCUT2D eigenvalue weighted by molar-refractivity contribution is -0.145. The fourth-order valence-electron chi connectivity index (χ4n) is 2.73. The second-order valence-corrected chi connectivity index (χ2v) is 5.59. The highest BCUT2D eigenvalue weighted by atomic mass is 16.4. The summed E-state index contributed by atoms with van der Waals surface area (Å²) in [6, 6.07) is 8.53. The lowest BCUT2D eigenvalue weighted by Crippen LogP contribution is -2.53. The van der Waals surface area contributed by atoms with Gasteiger partial charge in [-0.05, 0) is 23.8 Å². The molecule has 1 aliphatic rings. The lowest BCUT2D eigenvalue weighted by Gasteiger charge is -2.44. The van der Waals surface area contributed by atoms with Crippen LogP contribution in [0, 0.1) is 5.41 Å². The number of carbonyl (C=O) groups is 1. The van der Waals surface area contributed by atoms with E-state index >= 15 is 0 Å². The molecule has 0 saturated heterocycles. The molecule has 19 heavy (non-hydrogen) atoms. The van der Waals surface area contributed by atoms with Crippen LogP contribution in [0.15, 0.2) is 30.3 Å². The summed E-state index contributed by atoms with van der Waals surface area (Å²) in [5.74, 6) is -0.836. The van der Waals surface area contributed by atoms with Crippen molar-refractivity contribution >= 4 is 5.97 Å². The number of aliphatic carboxylic acids is 1. The monoisotopic (exact) mass is 263 g/mol. The summed E-state index contributed by atoms with van der Waals surface area (Å²) in [6.07, 6.45) is 2.92. The number of aliphatic hydroxyl groups is 1. The van der Waals surface area contributed by atoms with E-state index < -0.39 is 12.0 Å². The first-order valence-corrected chi connectivity index (χ1v) is 6.71. The van der Waals surface area contributed by atoms with Crippen LogP contribution in [0.2, 0.25) is 0 Å². The summed E-state index contributed by atoms with van der Waals surface area (Å²) >= 11 is 0. The number of rotatable bonds is 6. The van der Waals surface area contributed by atoms with Crippen molar-refractivity contribution in [2.24, 2.45) is 5.41 Å². The van der Waals surface area contributed by atoms with Gasteiger partial charge < -0.3 is 10.2 Å². The third-order valence-electron chi connectivity index (χ3n) is 4.19. The van der Waals surface area contributed by atoms with Gasteiger partial charge in [0.1, 0.15) is 6.04 Å². The van der Waals surface area contributed by atoms with Crippen LogP contribution < -0.4 is 5.32 Å². The second kappa shape index (κ2) is 5.72. The van der Waals surface area contributed by atoms with Crippen molar-refractivity contribution in [1.82, 2.24) is 5.32 Å². The Balaban J connectivity index is 2.13. The summed E-state index contributed by atoms with van der Waals surface area (Å²) < 4.78 is 0. The van der Waals surface area contributed by atoms with Gasteiger partial charge in [-0.15, -0.1) is 0 Å². The highest BCUT2D eigenvalue weighted by Crippen LogP contribution is 2.44. The van der Waals surface area contributed by atoms with Crippen molar-refractivity contribution in [3.63, 3.8) is 0 Å². The number of benzene rings is 1. The van der Waals surface area contributed by atoms with Gasteiger partial charge in [0, 0.05) is 0 Å². The van der Waals surface area contributed by atoms with Crippen LogP contribution in [0.3, 0.4) is 0 Å². The average molecular weight is 263 g/mol. The summed E-state index contributed by atoms with van der Waals surface area (Å²) in [4.78, 5) is 11.5. The second-order valence-electron chi connectivity index (χ2n) is 5.59. The number of carboxylic acid groups (broad SMARTS) is 1. The van der Waals surface area contributed by atoms with Crippen LogP contribution in [-0.2, 0) is 4.79 Å². The van der Waals surface area contributed by atoms with Gasteiger partial charge in [0.15, 0.2) is 0 Å². The smallest absolute Gasteiger partial charge is 0.321 e. The Morgan fingerprint density at radius 3 is 2.42 bits per heavy atom. The highest BCUT2D eigenvalue weighted by molar-refractivity contribution is 5.75. The Morgan fingerprint density at radius 1 is 1.37 bits per heavy atom. The third-order valence-corrected chi connectivity index (χ3v) is 4.19. The van der Waals surface area contributed by atoms with E-state index in [1.165, 1.54) is 0 Å². The minimum atomic E-state index is -0.836. The molecule has 2 rings (SSSR count). The van der Waals surface area contributed by atoms with E-state index in [0.29, 0.717) is 0 Å². The largest absolute Gasteiger partial charge is 0.480 e. The summed E-state index contributed by atoms with van der Waals surface area (Å²) in [5.41, 5.74) is 0.716. The highest BCUT2D eigenvalue weighted by Gasteiger charge is 2.44. The molecule has 1 saturated carbocycles. The van der Waals surface area contributed by atoms with Gasteiger partial charge in [0.25, 0.3) is 0 Å². The van der Waals surface area contributed by atoms with Crippen molar-refractivity contribution in [1.29, 1.82) is 0 Å². The molecule has 104 valence electrons. The van der Waals surface area contributed by atoms with E-state index in [-0.39, 0.29) is 18.1 Å². The zero-order valence-electron chi connectivity index (χ0n) is 11.2. The Hall–Kier alpha value is -1.39. The van der Waals surface area contributed by atoms with Crippen LogP contribution in [0.4, 0.5) is 0 Å². The molecule has 0 radical (unpaired) electrons. The molecule has 0 aliphatic heterocycles. The maximum absolute atomic E-state index is 11.5. The molecular formula is C15H21NO3. The Bertz CT molecular complexity index is 428. The first-order valence-electron chi connectivity index (χ1n) is 6.71. The van der Waals surface area contributed by atoms with Crippen molar-refractivity contribution in [3.05, 3.63) is 35.9 Å². The van der Waals surface area contributed by atoms with Gasteiger partial charge >= 0.3 is 5.97 Å². The first kappa shape index (κ1) is 14.0. The molecular weight excluding hydrogens is 242 g/mol. The Morgan fingerprint density at radius 2 is 2.00 bits per heavy atom. The van der Waals surface area contributed by atoms with Crippen LogP contribution in [-0.4, -0.2) is 28.8 Å². The van der Waals surface area contributed by atoms with Gasteiger partial charge in [-0.2, -0.15) is 0 Å². The minimum absolute atomic E-state index is 0.107. The fraction of sp³-hybridized carbons (Fsp3) is 0.533. The van der Waals surface area contributed by atoms with Gasteiger partial charge in [0.2, 0.25) is 0 Å². The molecule has 1 aromatic carbocycles. The van der Waals surface area contributed by atoms with E-state index in [9.17, 15) is 15.0 Å². The predicted octanol–water partition coefficient (Wildman–Crippen LogP) is 1.95. The van der Waals surface area contributed by atoms with E-state index in [1.807, 2.05) is 37.3 Å². The molecule has 1 fully saturated rings. The van der Waals surface area contributed by atoms with Crippen molar-refractivity contribution < 1.29 is 15.0 Å². The number of carboxylic acids is 1. The number of hydrogen-bond acceptors (Lipinski definition) is 3. The van der Waals surface area contributed by atoms with Crippen molar-refractivity contribution in [3.8, 4) is 0 Å². The fourth-order valence-corrected chi connectivity index (χ4v) is 2.73. The SMILES string of the molecule is CC1([C@H](N[C@@H](CO)c2ccccc2)C(=O)O)CCC1. The van der Waals surface area contributed by atoms with Gasteiger partial charge in [0.05, 0.1) is 12.6 Å². The maximum Gasteiger partial charge on any atom is 0.321 e. The molecule has 1 aromatic rings. The molecule has 3 N–H and O–H groups in total. The first-order chi connectivity index (χ1) is 9.07. The van der Waals surface area contributed by atoms with E-state index in [4.69, 9.17) is 0 Å². The van der Waals surface area contributed by atoms with E-state index in [2.05, 4.69) is 5.32 Å². The van der Waals surface area contributed by atoms with Crippen LogP contribution in [0.1, 0.15) is 37.8 Å². The molecule has 0 bridgehead atoms. The minimum Gasteiger partial charge on any atom is -0.480 e. The molecule has 4 nitrogen and oxygen atoms in total. The number of nitrogens with one attached hydrogen (secondary N) is 1. The van der Waals surface area contributed by atoms with Gasteiger partial charge in [-0.3, -0.25) is 10.1 Å². The third kappa shape index (κ3) is 2.96. The van der Waals surface area contributed by atoms with Crippen LogP contribution in [0.25, 0.3) is 0 Å². The molecule has 0 aromatic heterocycles. The standard InChI is InChI=1S/C15H21NO3/c1-15(8-5-9-15)13(14(18)19)16-12(10-17)11-6-3-2-4-7-11/h2-4,6-7,12-13,16-17H,5,8-10H2,1H3,(H,18,19)/t12-,13+/m0/s1. The topological polar surface area (TPSA) is 69.6 Å². The van der Waals surface area contributed by atoms with E-state index in [1.54, 1.807) is 0 Å². The number of aliphatic hydroxyl groups excluding tert-OH is 1. The maximum atomic E-state index is 11.5. The summed E-state index contributed by atoms with van der Waals surface area (Å²) in [6.45, 7) is 1.89. The summed E-state index contributed by atoms with van der Waals surface area (Å²) in [5, 5.41) is 22.0. The molecule has 0 unspecified atom stereocenters. The van der Waals surface area contributed by atoms with Crippen LogP contribution in [0.5, 0.6) is 0 Å². The zero-order valence-corrected chi connectivity index (χ0v) is 11.2. The zero-order chi connectivity index (χ0) is 13.9.